The maximum Gasteiger partial charge on any atom is 0.123 e. The van der Waals surface area contributed by atoms with Gasteiger partial charge in [-0.3, -0.25) is 0 Å². The van der Waals surface area contributed by atoms with Crippen molar-refractivity contribution in [2.45, 2.75) is 38.5 Å². The highest BCUT2D eigenvalue weighted by atomic mass is 32.2. The third-order valence-electron chi connectivity index (χ3n) is 3.81. The van der Waals surface area contributed by atoms with E-state index in [1.54, 1.807) is 7.11 Å². The van der Waals surface area contributed by atoms with Crippen molar-refractivity contribution in [2.75, 3.05) is 18.6 Å². The zero-order valence-corrected chi connectivity index (χ0v) is 12.4. The molecule has 0 saturated carbocycles. The molecule has 0 aromatic heterocycles. The molecule has 0 aliphatic carbocycles. The van der Waals surface area contributed by atoms with Crippen LogP contribution in [0.1, 0.15) is 24.5 Å². The Hall–Kier alpha value is -0.870. The average Bonchev–Trinajstić information content (AvgIpc) is 3.02. The zero-order valence-electron chi connectivity index (χ0n) is 11.6. The molecule has 4 heteroatoms. The topological polar surface area (TPSA) is 30.5 Å². The summed E-state index contributed by atoms with van der Waals surface area (Å²) in [7, 11) is 1.75. The molecular formula is C15H21NO2S. The van der Waals surface area contributed by atoms with E-state index in [1.165, 1.54) is 29.1 Å². The van der Waals surface area contributed by atoms with Crippen LogP contribution in [0.5, 0.6) is 11.5 Å². The first-order valence-corrected chi connectivity index (χ1v) is 8.09. The lowest BCUT2D eigenvalue weighted by Gasteiger charge is -2.15. The first kappa shape index (κ1) is 13.1. The van der Waals surface area contributed by atoms with Gasteiger partial charge in [-0.25, -0.2) is 0 Å². The van der Waals surface area contributed by atoms with Crippen LogP contribution in [-0.4, -0.2) is 30.8 Å². The predicted octanol–water partition coefficient (Wildman–Crippen LogP) is 2.61. The largest absolute Gasteiger partial charge is 0.496 e. The van der Waals surface area contributed by atoms with Crippen molar-refractivity contribution in [1.82, 2.24) is 5.32 Å². The molecule has 19 heavy (non-hydrogen) atoms. The maximum atomic E-state index is 5.83. The highest BCUT2D eigenvalue weighted by molar-refractivity contribution is 7.99. The Morgan fingerprint density at radius 2 is 2.37 bits per heavy atom. The molecule has 1 saturated heterocycles. The summed E-state index contributed by atoms with van der Waals surface area (Å²) in [4.78, 5) is 0. The summed E-state index contributed by atoms with van der Waals surface area (Å²) >= 11 is 2.03. The number of hydrogen-bond donors (Lipinski definition) is 1. The number of rotatable bonds is 4. The number of benzene rings is 1. The predicted molar refractivity (Wildman–Crippen MR) is 79.4 cm³/mol. The molecule has 1 fully saturated rings. The van der Waals surface area contributed by atoms with Crippen LogP contribution in [0, 0.1) is 0 Å². The van der Waals surface area contributed by atoms with Crippen LogP contribution in [-0.2, 0) is 13.0 Å². The van der Waals surface area contributed by atoms with E-state index in [1.807, 2.05) is 11.8 Å². The highest BCUT2D eigenvalue weighted by Crippen LogP contribution is 2.35. The van der Waals surface area contributed by atoms with E-state index in [2.05, 4.69) is 24.4 Å². The van der Waals surface area contributed by atoms with Gasteiger partial charge >= 0.3 is 0 Å². The molecular weight excluding hydrogens is 258 g/mol. The SMILES string of the molecule is COc1cc2c(cc1CNC1CCSC1)OC(C)C2. The van der Waals surface area contributed by atoms with Crippen molar-refractivity contribution >= 4 is 11.8 Å². The average molecular weight is 279 g/mol. The first-order chi connectivity index (χ1) is 9.26. The summed E-state index contributed by atoms with van der Waals surface area (Å²) in [6.45, 7) is 2.97. The van der Waals surface area contributed by atoms with Crippen LogP contribution >= 0.6 is 11.8 Å². The minimum absolute atomic E-state index is 0.286. The van der Waals surface area contributed by atoms with Crippen LogP contribution in [0.3, 0.4) is 0 Å². The van der Waals surface area contributed by atoms with Gasteiger partial charge in [0.2, 0.25) is 0 Å². The minimum Gasteiger partial charge on any atom is -0.496 e. The van der Waals surface area contributed by atoms with Crippen LogP contribution in [0.2, 0.25) is 0 Å². The first-order valence-electron chi connectivity index (χ1n) is 6.94. The molecule has 0 bridgehead atoms. The number of methoxy groups -OCH3 is 1. The minimum atomic E-state index is 0.286. The van der Waals surface area contributed by atoms with Gasteiger partial charge in [0.25, 0.3) is 0 Å². The smallest absolute Gasteiger partial charge is 0.123 e. The summed E-state index contributed by atoms with van der Waals surface area (Å²) in [6, 6.07) is 4.93. The lowest BCUT2D eigenvalue weighted by molar-refractivity contribution is 0.254. The Morgan fingerprint density at radius 3 is 3.11 bits per heavy atom. The second-order valence-corrected chi connectivity index (χ2v) is 6.50. The maximum absolute atomic E-state index is 5.83. The van der Waals surface area contributed by atoms with Gasteiger partial charge < -0.3 is 14.8 Å². The summed E-state index contributed by atoms with van der Waals surface area (Å²) in [5.41, 5.74) is 2.47. The molecule has 2 atom stereocenters. The van der Waals surface area contributed by atoms with Crippen LogP contribution in [0.25, 0.3) is 0 Å². The van der Waals surface area contributed by atoms with E-state index in [-0.39, 0.29) is 6.10 Å². The van der Waals surface area contributed by atoms with Gasteiger partial charge in [-0.15, -0.1) is 0 Å². The third-order valence-corrected chi connectivity index (χ3v) is 4.97. The molecule has 2 aliphatic heterocycles. The van der Waals surface area contributed by atoms with Crippen LogP contribution < -0.4 is 14.8 Å². The fourth-order valence-electron chi connectivity index (χ4n) is 2.76. The number of fused-ring (bicyclic) bond motifs is 1. The fraction of sp³-hybridized carbons (Fsp3) is 0.600. The van der Waals surface area contributed by atoms with E-state index in [9.17, 15) is 0 Å². The number of hydrogen-bond acceptors (Lipinski definition) is 4. The van der Waals surface area contributed by atoms with Crippen molar-refractivity contribution in [3.63, 3.8) is 0 Å². The molecule has 3 rings (SSSR count). The Bertz CT molecular complexity index is 458. The Labute approximate surface area is 119 Å². The summed E-state index contributed by atoms with van der Waals surface area (Å²) < 4.78 is 11.4. The molecule has 2 aliphatic rings. The normalized spacial score (nSPS) is 25.2. The Morgan fingerprint density at radius 1 is 1.47 bits per heavy atom. The molecule has 104 valence electrons. The van der Waals surface area contributed by atoms with Gasteiger partial charge in [-0.1, -0.05) is 0 Å². The monoisotopic (exact) mass is 279 g/mol. The van der Waals surface area contributed by atoms with E-state index >= 15 is 0 Å². The van der Waals surface area contributed by atoms with E-state index in [0.29, 0.717) is 6.04 Å². The van der Waals surface area contributed by atoms with Gasteiger partial charge in [0.15, 0.2) is 0 Å². The third kappa shape index (κ3) is 2.84. The van der Waals surface area contributed by atoms with Crippen molar-refractivity contribution < 1.29 is 9.47 Å². The van der Waals surface area contributed by atoms with Gasteiger partial charge in [-0.05, 0) is 31.2 Å². The second kappa shape index (κ2) is 5.63. The van der Waals surface area contributed by atoms with Crippen molar-refractivity contribution in [3.05, 3.63) is 23.3 Å². The second-order valence-electron chi connectivity index (χ2n) is 5.35. The van der Waals surface area contributed by atoms with Crippen LogP contribution in [0.15, 0.2) is 12.1 Å². The molecule has 2 heterocycles. The molecule has 2 unspecified atom stereocenters. The van der Waals surface area contributed by atoms with Gasteiger partial charge in [-0.2, -0.15) is 11.8 Å². The summed E-state index contributed by atoms with van der Waals surface area (Å²) in [6.07, 6.45) is 2.54. The number of ether oxygens (including phenoxy) is 2. The summed E-state index contributed by atoms with van der Waals surface area (Å²) in [5, 5.41) is 3.62. The quantitative estimate of drug-likeness (QED) is 0.918. The Balaban J connectivity index is 1.74. The Kier molecular flexibility index (Phi) is 3.89. The summed E-state index contributed by atoms with van der Waals surface area (Å²) in [5.74, 6) is 4.51. The number of thioether (sulfide) groups is 1. The lowest BCUT2D eigenvalue weighted by Crippen LogP contribution is -2.28. The lowest BCUT2D eigenvalue weighted by atomic mass is 10.1. The van der Waals surface area contributed by atoms with E-state index in [4.69, 9.17) is 9.47 Å². The molecule has 0 spiro atoms. The number of nitrogens with one attached hydrogen (secondary N) is 1. The van der Waals surface area contributed by atoms with Gasteiger partial charge in [0, 0.05) is 35.9 Å². The highest BCUT2D eigenvalue weighted by Gasteiger charge is 2.22. The molecule has 0 radical (unpaired) electrons. The van der Waals surface area contributed by atoms with Gasteiger partial charge in [0.1, 0.15) is 17.6 Å². The van der Waals surface area contributed by atoms with E-state index < -0.39 is 0 Å². The zero-order chi connectivity index (χ0) is 13.2. The molecule has 1 aromatic carbocycles. The van der Waals surface area contributed by atoms with Crippen molar-refractivity contribution in [2.24, 2.45) is 0 Å². The van der Waals surface area contributed by atoms with E-state index in [0.717, 1.165) is 24.5 Å². The molecule has 3 nitrogen and oxygen atoms in total. The molecule has 1 aromatic rings. The standard InChI is InChI=1S/C15H21NO2S/c1-10-5-11-6-14(17-2)12(7-15(11)18-10)8-16-13-3-4-19-9-13/h6-7,10,13,16H,3-5,8-9H2,1-2H3. The molecule has 0 amide bonds. The van der Waals surface area contributed by atoms with Gasteiger partial charge in [0.05, 0.1) is 7.11 Å². The van der Waals surface area contributed by atoms with Crippen molar-refractivity contribution in [3.8, 4) is 11.5 Å². The fourth-order valence-corrected chi connectivity index (χ4v) is 3.95. The van der Waals surface area contributed by atoms with Crippen molar-refractivity contribution in [1.29, 1.82) is 0 Å². The molecule has 1 N–H and O–H groups in total. The van der Waals surface area contributed by atoms with Crippen LogP contribution in [0.4, 0.5) is 0 Å².